The van der Waals surface area contributed by atoms with Crippen LogP contribution in [0.2, 0.25) is 0 Å². The molecule has 0 bridgehead atoms. The Kier molecular flexibility index (Phi) is 2.29. The number of nitrogen functional groups attached to an aromatic ring is 1. The zero-order valence-electron chi connectivity index (χ0n) is 8.73. The van der Waals surface area contributed by atoms with E-state index in [4.69, 9.17) is 5.73 Å². The highest BCUT2D eigenvalue weighted by molar-refractivity contribution is 5.54. The lowest BCUT2D eigenvalue weighted by Gasteiger charge is -2.01. The molecule has 0 saturated heterocycles. The number of aromatic nitrogens is 3. The fourth-order valence-corrected chi connectivity index (χ4v) is 1.30. The van der Waals surface area contributed by atoms with Crippen molar-refractivity contribution in [2.45, 2.75) is 6.92 Å². The smallest absolute Gasteiger partial charge is 0.248 e. The summed E-state index contributed by atoms with van der Waals surface area (Å²) >= 11 is 0. The SMILES string of the molecule is Cc1cccc(Nc2nc(N)n(C)n2)c1. The van der Waals surface area contributed by atoms with Gasteiger partial charge in [0.25, 0.3) is 0 Å². The van der Waals surface area contributed by atoms with Gasteiger partial charge in [-0.25, -0.2) is 4.68 Å². The van der Waals surface area contributed by atoms with E-state index in [9.17, 15) is 0 Å². The molecule has 0 aliphatic rings. The average molecular weight is 203 g/mol. The first-order chi connectivity index (χ1) is 7.15. The summed E-state index contributed by atoms with van der Waals surface area (Å²) in [5.41, 5.74) is 7.72. The highest BCUT2D eigenvalue weighted by Crippen LogP contribution is 2.14. The maximum Gasteiger partial charge on any atom is 0.248 e. The van der Waals surface area contributed by atoms with Gasteiger partial charge in [-0.05, 0) is 24.6 Å². The maximum atomic E-state index is 5.57. The third kappa shape index (κ3) is 2.07. The summed E-state index contributed by atoms with van der Waals surface area (Å²) in [5.74, 6) is 0.908. The van der Waals surface area contributed by atoms with Crippen molar-refractivity contribution in [3.05, 3.63) is 29.8 Å². The van der Waals surface area contributed by atoms with Gasteiger partial charge in [0.1, 0.15) is 0 Å². The zero-order valence-corrected chi connectivity index (χ0v) is 8.73. The quantitative estimate of drug-likeness (QED) is 0.775. The second kappa shape index (κ2) is 3.61. The van der Waals surface area contributed by atoms with E-state index >= 15 is 0 Å². The van der Waals surface area contributed by atoms with E-state index in [0.29, 0.717) is 11.9 Å². The third-order valence-corrected chi connectivity index (χ3v) is 2.07. The summed E-state index contributed by atoms with van der Waals surface area (Å²) in [4.78, 5) is 4.05. The van der Waals surface area contributed by atoms with E-state index in [-0.39, 0.29) is 0 Å². The van der Waals surface area contributed by atoms with Crippen molar-refractivity contribution in [3.63, 3.8) is 0 Å². The second-order valence-corrected chi connectivity index (χ2v) is 3.41. The fourth-order valence-electron chi connectivity index (χ4n) is 1.30. The van der Waals surface area contributed by atoms with E-state index in [1.807, 2.05) is 31.2 Å². The van der Waals surface area contributed by atoms with Gasteiger partial charge in [0, 0.05) is 12.7 Å². The summed E-state index contributed by atoms with van der Waals surface area (Å²) in [6.07, 6.45) is 0. The van der Waals surface area contributed by atoms with Crippen molar-refractivity contribution in [1.82, 2.24) is 14.8 Å². The molecule has 3 N–H and O–H groups in total. The largest absolute Gasteiger partial charge is 0.368 e. The molecular formula is C10H13N5. The minimum absolute atomic E-state index is 0.394. The van der Waals surface area contributed by atoms with E-state index in [1.54, 1.807) is 7.05 Å². The topological polar surface area (TPSA) is 68.8 Å². The van der Waals surface area contributed by atoms with Gasteiger partial charge in [0.2, 0.25) is 11.9 Å². The predicted octanol–water partition coefficient (Wildman–Crippen LogP) is 1.45. The monoisotopic (exact) mass is 203 g/mol. The standard InChI is InChI=1S/C10H13N5/c1-7-4-3-5-8(6-7)12-10-13-9(11)15(2)14-10/h3-6H,1-2H3,(H3,11,12,13,14). The van der Waals surface area contributed by atoms with Crippen LogP contribution in [0.4, 0.5) is 17.6 Å². The fraction of sp³-hybridized carbons (Fsp3) is 0.200. The molecule has 0 aliphatic heterocycles. The average Bonchev–Trinajstić information content (AvgIpc) is 2.45. The summed E-state index contributed by atoms with van der Waals surface area (Å²) in [6.45, 7) is 2.03. The van der Waals surface area contributed by atoms with Gasteiger partial charge in [-0.2, -0.15) is 4.98 Å². The number of nitrogens with two attached hydrogens (primary N) is 1. The molecule has 5 heteroatoms. The Bertz CT molecular complexity index is 455. The Hall–Kier alpha value is -2.04. The first-order valence-corrected chi connectivity index (χ1v) is 4.65. The molecule has 15 heavy (non-hydrogen) atoms. The number of anilines is 3. The van der Waals surface area contributed by atoms with Crippen molar-refractivity contribution in [2.75, 3.05) is 11.1 Å². The van der Waals surface area contributed by atoms with Gasteiger partial charge in [-0.1, -0.05) is 12.1 Å². The van der Waals surface area contributed by atoms with Crippen LogP contribution < -0.4 is 11.1 Å². The summed E-state index contributed by atoms with van der Waals surface area (Å²) in [5, 5.41) is 7.19. The van der Waals surface area contributed by atoms with Crippen molar-refractivity contribution in [1.29, 1.82) is 0 Å². The number of rotatable bonds is 2. The number of benzene rings is 1. The number of nitrogens with zero attached hydrogens (tertiary/aromatic N) is 3. The van der Waals surface area contributed by atoms with E-state index in [1.165, 1.54) is 10.2 Å². The normalized spacial score (nSPS) is 10.3. The highest BCUT2D eigenvalue weighted by atomic mass is 15.4. The Morgan fingerprint density at radius 2 is 2.20 bits per heavy atom. The van der Waals surface area contributed by atoms with E-state index < -0.39 is 0 Å². The van der Waals surface area contributed by atoms with Crippen LogP contribution in [0.3, 0.4) is 0 Å². The predicted molar refractivity (Wildman–Crippen MR) is 59.9 cm³/mol. The van der Waals surface area contributed by atoms with Crippen molar-refractivity contribution in [3.8, 4) is 0 Å². The molecule has 2 rings (SSSR count). The molecule has 1 heterocycles. The molecule has 0 saturated carbocycles. The molecule has 1 aromatic carbocycles. The van der Waals surface area contributed by atoms with Crippen molar-refractivity contribution in [2.24, 2.45) is 7.05 Å². The Morgan fingerprint density at radius 3 is 2.80 bits per heavy atom. The number of hydrogen-bond acceptors (Lipinski definition) is 4. The molecule has 0 atom stereocenters. The number of nitrogens with one attached hydrogen (secondary N) is 1. The molecule has 0 unspecified atom stereocenters. The van der Waals surface area contributed by atoms with Gasteiger partial charge in [0.05, 0.1) is 0 Å². The minimum atomic E-state index is 0.394. The Morgan fingerprint density at radius 1 is 1.40 bits per heavy atom. The van der Waals surface area contributed by atoms with Crippen LogP contribution in [0.5, 0.6) is 0 Å². The molecule has 0 aliphatic carbocycles. The summed E-state index contributed by atoms with van der Waals surface area (Å²) < 4.78 is 1.53. The highest BCUT2D eigenvalue weighted by Gasteiger charge is 2.03. The third-order valence-electron chi connectivity index (χ3n) is 2.07. The van der Waals surface area contributed by atoms with E-state index in [0.717, 1.165) is 5.69 Å². The van der Waals surface area contributed by atoms with Crippen LogP contribution in [0.15, 0.2) is 24.3 Å². The van der Waals surface area contributed by atoms with Gasteiger partial charge >= 0.3 is 0 Å². The molecule has 0 amide bonds. The first kappa shape index (κ1) is 9.51. The molecular weight excluding hydrogens is 190 g/mol. The minimum Gasteiger partial charge on any atom is -0.368 e. The number of hydrogen-bond donors (Lipinski definition) is 2. The summed E-state index contributed by atoms with van der Waals surface area (Å²) in [7, 11) is 1.75. The van der Waals surface area contributed by atoms with Crippen LogP contribution in [-0.2, 0) is 7.05 Å². The molecule has 78 valence electrons. The Labute approximate surface area is 87.9 Å². The lowest BCUT2D eigenvalue weighted by molar-refractivity contribution is 0.781. The van der Waals surface area contributed by atoms with E-state index in [2.05, 4.69) is 15.4 Å². The summed E-state index contributed by atoms with van der Waals surface area (Å²) in [6, 6.07) is 7.99. The molecule has 0 radical (unpaired) electrons. The number of aryl methyl sites for hydroxylation is 2. The molecule has 5 nitrogen and oxygen atoms in total. The lowest BCUT2D eigenvalue weighted by atomic mass is 10.2. The van der Waals surface area contributed by atoms with Crippen LogP contribution in [0, 0.1) is 6.92 Å². The van der Waals surface area contributed by atoms with Gasteiger partial charge in [-0.3, -0.25) is 0 Å². The van der Waals surface area contributed by atoms with Gasteiger partial charge < -0.3 is 11.1 Å². The van der Waals surface area contributed by atoms with Crippen LogP contribution in [0.25, 0.3) is 0 Å². The zero-order chi connectivity index (χ0) is 10.8. The van der Waals surface area contributed by atoms with Crippen molar-refractivity contribution < 1.29 is 0 Å². The van der Waals surface area contributed by atoms with Gasteiger partial charge in [0.15, 0.2) is 0 Å². The molecule has 1 aromatic heterocycles. The van der Waals surface area contributed by atoms with Crippen LogP contribution >= 0.6 is 0 Å². The molecule has 2 aromatic rings. The second-order valence-electron chi connectivity index (χ2n) is 3.41. The van der Waals surface area contributed by atoms with Crippen LogP contribution in [0.1, 0.15) is 5.56 Å². The van der Waals surface area contributed by atoms with Crippen LogP contribution in [-0.4, -0.2) is 14.8 Å². The molecule has 0 spiro atoms. The maximum absolute atomic E-state index is 5.57. The molecule has 0 fully saturated rings. The Balaban J connectivity index is 2.22. The van der Waals surface area contributed by atoms with Crippen molar-refractivity contribution >= 4 is 17.6 Å². The lowest BCUT2D eigenvalue weighted by Crippen LogP contribution is -1.97. The first-order valence-electron chi connectivity index (χ1n) is 4.65. The van der Waals surface area contributed by atoms with Gasteiger partial charge in [-0.15, -0.1) is 5.10 Å².